The molecular formula is C24H24FN5O2. The SMILES string of the molecule is Cc1nc(C2CCN(C(=O)c3cccnc3)CC2)ncc1C(=O)NCc1ccc(F)cc1. The highest BCUT2D eigenvalue weighted by molar-refractivity contribution is 5.95. The number of amides is 2. The summed E-state index contributed by atoms with van der Waals surface area (Å²) in [6, 6.07) is 9.52. The number of benzene rings is 1. The molecule has 0 atom stereocenters. The van der Waals surface area contributed by atoms with Crippen LogP contribution in [-0.4, -0.2) is 44.8 Å². The summed E-state index contributed by atoms with van der Waals surface area (Å²) in [6.07, 6.45) is 6.32. The van der Waals surface area contributed by atoms with Gasteiger partial charge >= 0.3 is 0 Å². The zero-order valence-corrected chi connectivity index (χ0v) is 17.8. The number of carbonyl (C=O) groups excluding carboxylic acids is 2. The second-order valence-corrected chi connectivity index (χ2v) is 7.84. The molecule has 0 bridgehead atoms. The van der Waals surface area contributed by atoms with Gasteiger partial charge in [-0.15, -0.1) is 0 Å². The maximum atomic E-state index is 13.0. The van der Waals surface area contributed by atoms with E-state index in [9.17, 15) is 14.0 Å². The van der Waals surface area contributed by atoms with Gasteiger partial charge in [0.15, 0.2) is 0 Å². The fourth-order valence-electron chi connectivity index (χ4n) is 3.80. The van der Waals surface area contributed by atoms with Crippen LogP contribution in [0.1, 0.15) is 56.6 Å². The van der Waals surface area contributed by atoms with E-state index >= 15 is 0 Å². The van der Waals surface area contributed by atoms with Crippen LogP contribution in [0.2, 0.25) is 0 Å². The highest BCUT2D eigenvalue weighted by atomic mass is 19.1. The minimum absolute atomic E-state index is 0.0122. The molecule has 1 fully saturated rings. The van der Waals surface area contributed by atoms with Gasteiger partial charge in [-0.3, -0.25) is 14.6 Å². The van der Waals surface area contributed by atoms with E-state index in [2.05, 4.69) is 20.3 Å². The second kappa shape index (κ2) is 9.64. The number of hydrogen-bond acceptors (Lipinski definition) is 5. The van der Waals surface area contributed by atoms with Crippen LogP contribution in [0, 0.1) is 12.7 Å². The van der Waals surface area contributed by atoms with Gasteiger partial charge in [-0.25, -0.2) is 14.4 Å². The number of carbonyl (C=O) groups is 2. The van der Waals surface area contributed by atoms with Crippen molar-refractivity contribution in [2.24, 2.45) is 0 Å². The largest absolute Gasteiger partial charge is 0.348 e. The molecule has 3 aromatic rings. The Morgan fingerprint density at radius 2 is 1.88 bits per heavy atom. The van der Waals surface area contributed by atoms with Gasteiger partial charge in [-0.1, -0.05) is 12.1 Å². The smallest absolute Gasteiger partial charge is 0.255 e. The number of nitrogens with zero attached hydrogens (tertiary/aromatic N) is 4. The van der Waals surface area contributed by atoms with Gasteiger partial charge in [0, 0.05) is 44.1 Å². The maximum Gasteiger partial charge on any atom is 0.255 e. The first kappa shape index (κ1) is 21.5. The molecule has 164 valence electrons. The lowest BCUT2D eigenvalue weighted by atomic mass is 9.95. The molecule has 1 aliphatic rings. The predicted octanol–water partition coefficient (Wildman–Crippen LogP) is 3.27. The molecule has 7 nitrogen and oxygen atoms in total. The van der Waals surface area contributed by atoms with E-state index in [4.69, 9.17) is 0 Å². The van der Waals surface area contributed by atoms with Crippen molar-refractivity contribution < 1.29 is 14.0 Å². The van der Waals surface area contributed by atoms with Gasteiger partial charge in [0.2, 0.25) is 0 Å². The predicted molar refractivity (Wildman–Crippen MR) is 116 cm³/mol. The number of piperidine rings is 1. The molecule has 0 spiro atoms. The van der Waals surface area contributed by atoms with E-state index < -0.39 is 0 Å². The zero-order valence-electron chi connectivity index (χ0n) is 17.8. The third kappa shape index (κ3) is 4.96. The molecule has 1 saturated heterocycles. The molecule has 8 heteroatoms. The summed E-state index contributed by atoms with van der Waals surface area (Å²) >= 11 is 0. The first-order valence-corrected chi connectivity index (χ1v) is 10.6. The molecule has 4 rings (SSSR count). The van der Waals surface area contributed by atoms with E-state index in [1.54, 1.807) is 49.8 Å². The lowest BCUT2D eigenvalue weighted by molar-refractivity contribution is 0.0710. The molecule has 0 unspecified atom stereocenters. The molecule has 1 aliphatic heterocycles. The summed E-state index contributed by atoms with van der Waals surface area (Å²) in [5.74, 6) is 0.248. The first-order valence-electron chi connectivity index (χ1n) is 10.6. The molecule has 32 heavy (non-hydrogen) atoms. The standard InChI is InChI=1S/C24H24FN5O2/c1-16-21(23(31)28-13-17-4-6-20(25)7-5-17)15-27-22(29-16)18-8-11-30(12-9-18)24(32)19-3-2-10-26-14-19/h2-7,10,14-15,18H,8-9,11-13H2,1H3,(H,28,31). The zero-order chi connectivity index (χ0) is 22.5. The van der Waals surface area contributed by atoms with Crippen molar-refractivity contribution in [1.82, 2.24) is 25.2 Å². The number of likely N-dealkylation sites (tertiary alicyclic amines) is 1. The van der Waals surface area contributed by atoms with Gasteiger partial charge < -0.3 is 10.2 Å². The summed E-state index contributed by atoms with van der Waals surface area (Å²) < 4.78 is 13.0. The number of hydrogen-bond donors (Lipinski definition) is 1. The lowest BCUT2D eigenvalue weighted by Gasteiger charge is -2.31. The molecular weight excluding hydrogens is 409 g/mol. The minimum Gasteiger partial charge on any atom is -0.348 e. The van der Waals surface area contributed by atoms with Crippen LogP contribution in [0.3, 0.4) is 0 Å². The number of nitrogens with one attached hydrogen (secondary N) is 1. The van der Waals surface area contributed by atoms with Crippen LogP contribution >= 0.6 is 0 Å². The van der Waals surface area contributed by atoms with E-state index in [0.29, 0.717) is 42.3 Å². The second-order valence-electron chi connectivity index (χ2n) is 7.84. The van der Waals surface area contributed by atoms with Crippen molar-refractivity contribution in [1.29, 1.82) is 0 Å². The van der Waals surface area contributed by atoms with Crippen LogP contribution in [0.25, 0.3) is 0 Å². The van der Waals surface area contributed by atoms with Crippen molar-refractivity contribution in [3.05, 3.63) is 89.0 Å². The van der Waals surface area contributed by atoms with Crippen molar-refractivity contribution in [2.75, 3.05) is 13.1 Å². The first-order chi connectivity index (χ1) is 15.5. The summed E-state index contributed by atoms with van der Waals surface area (Å²) in [7, 11) is 0. The van der Waals surface area contributed by atoms with E-state index in [1.807, 2.05) is 4.90 Å². The van der Waals surface area contributed by atoms with Crippen LogP contribution in [-0.2, 0) is 6.54 Å². The van der Waals surface area contributed by atoms with Crippen LogP contribution in [0.5, 0.6) is 0 Å². The highest BCUT2D eigenvalue weighted by Crippen LogP contribution is 2.26. The van der Waals surface area contributed by atoms with E-state index in [1.165, 1.54) is 12.1 Å². The molecule has 3 heterocycles. The lowest BCUT2D eigenvalue weighted by Crippen LogP contribution is -2.38. The third-order valence-corrected chi connectivity index (χ3v) is 5.66. The minimum atomic E-state index is -0.313. The molecule has 2 amide bonds. The Morgan fingerprint density at radius 1 is 1.12 bits per heavy atom. The van der Waals surface area contributed by atoms with Crippen molar-refractivity contribution in [2.45, 2.75) is 32.2 Å². The monoisotopic (exact) mass is 433 g/mol. The Balaban J connectivity index is 1.34. The van der Waals surface area contributed by atoms with E-state index in [0.717, 1.165) is 18.4 Å². The summed E-state index contributed by atoms with van der Waals surface area (Å²) in [5.41, 5.74) is 2.43. The fraction of sp³-hybridized carbons (Fsp3) is 0.292. The number of halogens is 1. The maximum absolute atomic E-state index is 13.0. The Morgan fingerprint density at radius 3 is 2.53 bits per heavy atom. The quantitative estimate of drug-likeness (QED) is 0.667. The third-order valence-electron chi connectivity index (χ3n) is 5.66. The van der Waals surface area contributed by atoms with Crippen molar-refractivity contribution in [3.8, 4) is 0 Å². The topological polar surface area (TPSA) is 88.1 Å². The highest BCUT2D eigenvalue weighted by Gasteiger charge is 2.26. The van der Waals surface area contributed by atoms with Crippen molar-refractivity contribution >= 4 is 11.8 Å². The molecule has 0 radical (unpaired) electrons. The van der Waals surface area contributed by atoms with Gasteiger partial charge in [-0.05, 0) is 49.6 Å². The van der Waals surface area contributed by atoms with Gasteiger partial charge in [0.1, 0.15) is 11.6 Å². The Labute approximate surface area is 185 Å². The molecule has 2 aromatic heterocycles. The number of aromatic nitrogens is 3. The normalized spacial score (nSPS) is 14.2. The van der Waals surface area contributed by atoms with Gasteiger partial charge in [0.05, 0.1) is 16.8 Å². The summed E-state index contributed by atoms with van der Waals surface area (Å²) in [4.78, 5) is 40.0. The van der Waals surface area contributed by atoms with E-state index in [-0.39, 0.29) is 23.5 Å². The summed E-state index contributed by atoms with van der Waals surface area (Å²) in [6.45, 7) is 3.34. The Kier molecular flexibility index (Phi) is 6.49. The van der Waals surface area contributed by atoms with Crippen molar-refractivity contribution in [3.63, 3.8) is 0 Å². The molecule has 0 aliphatic carbocycles. The fourth-order valence-corrected chi connectivity index (χ4v) is 3.80. The Hall–Kier alpha value is -3.68. The van der Waals surface area contributed by atoms with Crippen LogP contribution in [0.4, 0.5) is 4.39 Å². The number of aryl methyl sites for hydroxylation is 1. The summed E-state index contributed by atoms with van der Waals surface area (Å²) in [5, 5.41) is 2.82. The number of rotatable bonds is 5. The Bertz CT molecular complexity index is 1100. The molecule has 1 N–H and O–H groups in total. The number of pyridine rings is 1. The van der Waals surface area contributed by atoms with Crippen LogP contribution < -0.4 is 5.32 Å². The molecule has 1 aromatic carbocycles. The average Bonchev–Trinajstić information content (AvgIpc) is 2.83. The molecule has 0 saturated carbocycles. The van der Waals surface area contributed by atoms with Crippen LogP contribution in [0.15, 0.2) is 55.0 Å². The van der Waals surface area contributed by atoms with Gasteiger partial charge in [0.25, 0.3) is 11.8 Å². The van der Waals surface area contributed by atoms with Gasteiger partial charge in [-0.2, -0.15) is 0 Å². The average molecular weight is 433 g/mol.